The molecule has 6 heteroatoms. The van der Waals surface area contributed by atoms with Crippen molar-refractivity contribution in [2.45, 2.75) is 46.4 Å². The molecule has 1 rings (SSSR count). The van der Waals surface area contributed by atoms with Crippen LogP contribution in [0.3, 0.4) is 0 Å². The second-order valence-corrected chi connectivity index (χ2v) is 6.16. The fraction of sp³-hybridized carbons (Fsp3) is 0.538. The summed E-state index contributed by atoms with van der Waals surface area (Å²) in [6, 6.07) is 3.78. The standard InChI is InChI=1S/C13H20F2O3Si/c1-8(2)16-13(17-9(3)4)18-19-10-5-6-11(14)12(15)7-10/h5-9,13H,19H2,1-4H3. The fourth-order valence-electron chi connectivity index (χ4n) is 1.35. The Morgan fingerprint density at radius 3 is 2.00 bits per heavy atom. The molecule has 1 aromatic carbocycles. The van der Waals surface area contributed by atoms with Crippen LogP contribution in [0.25, 0.3) is 0 Å². The van der Waals surface area contributed by atoms with Crippen LogP contribution in [0.2, 0.25) is 0 Å². The van der Waals surface area contributed by atoms with Crippen molar-refractivity contribution in [2.75, 3.05) is 0 Å². The van der Waals surface area contributed by atoms with Crippen LogP contribution in [0, 0.1) is 11.6 Å². The molecule has 0 spiro atoms. The van der Waals surface area contributed by atoms with Gasteiger partial charge in [-0.15, -0.1) is 0 Å². The van der Waals surface area contributed by atoms with Crippen LogP contribution in [0.5, 0.6) is 0 Å². The number of benzene rings is 1. The SMILES string of the molecule is CC(C)OC(O[SiH2]c1ccc(F)c(F)c1)OC(C)C. The van der Waals surface area contributed by atoms with Gasteiger partial charge >= 0.3 is 0 Å². The Hall–Kier alpha value is -0.823. The van der Waals surface area contributed by atoms with Gasteiger partial charge in [-0.25, -0.2) is 8.78 Å². The first kappa shape index (κ1) is 16.2. The fourth-order valence-corrected chi connectivity index (χ4v) is 2.31. The molecule has 108 valence electrons. The maximum atomic E-state index is 13.1. The zero-order chi connectivity index (χ0) is 14.4. The van der Waals surface area contributed by atoms with Crippen LogP contribution in [0.4, 0.5) is 8.78 Å². The summed E-state index contributed by atoms with van der Waals surface area (Å²) in [6.07, 6.45) is -0.0783. The van der Waals surface area contributed by atoms with E-state index in [9.17, 15) is 8.78 Å². The third-order valence-electron chi connectivity index (χ3n) is 2.14. The van der Waals surface area contributed by atoms with Crippen molar-refractivity contribution < 1.29 is 22.7 Å². The van der Waals surface area contributed by atoms with Gasteiger partial charge in [-0.05, 0) is 45.0 Å². The molecule has 0 heterocycles. The lowest BCUT2D eigenvalue weighted by molar-refractivity contribution is -0.274. The van der Waals surface area contributed by atoms with Crippen LogP contribution in [0.15, 0.2) is 18.2 Å². The van der Waals surface area contributed by atoms with E-state index in [4.69, 9.17) is 13.9 Å². The topological polar surface area (TPSA) is 27.7 Å². The van der Waals surface area contributed by atoms with Gasteiger partial charge in [0.05, 0.1) is 12.2 Å². The molecular weight excluding hydrogens is 270 g/mol. The van der Waals surface area contributed by atoms with Gasteiger partial charge in [-0.2, -0.15) is 0 Å². The zero-order valence-electron chi connectivity index (χ0n) is 11.7. The van der Waals surface area contributed by atoms with E-state index >= 15 is 0 Å². The lowest BCUT2D eigenvalue weighted by Gasteiger charge is -2.23. The Morgan fingerprint density at radius 2 is 1.53 bits per heavy atom. The quantitative estimate of drug-likeness (QED) is 0.566. The molecule has 0 unspecified atom stereocenters. The predicted octanol–water partition coefficient (Wildman–Crippen LogP) is 1.82. The van der Waals surface area contributed by atoms with E-state index in [-0.39, 0.29) is 12.2 Å². The third kappa shape index (κ3) is 6.24. The third-order valence-corrected chi connectivity index (χ3v) is 3.35. The predicted molar refractivity (Wildman–Crippen MR) is 71.9 cm³/mol. The zero-order valence-corrected chi connectivity index (χ0v) is 13.1. The van der Waals surface area contributed by atoms with Crippen molar-refractivity contribution in [2.24, 2.45) is 0 Å². The summed E-state index contributed by atoms with van der Waals surface area (Å²) in [5.41, 5.74) is 0. The Kier molecular flexibility index (Phi) is 6.57. The molecule has 0 N–H and O–H groups in total. The second-order valence-electron chi connectivity index (χ2n) is 4.72. The molecule has 0 saturated heterocycles. The van der Waals surface area contributed by atoms with Gasteiger partial charge < -0.3 is 13.9 Å². The Labute approximate surface area is 114 Å². The highest BCUT2D eigenvalue weighted by atomic mass is 28.2. The number of ether oxygens (including phenoxy) is 2. The van der Waals surface area contributed by atoms with Gasteiger partial charge in [0.2, 0.25) is 0 Å². The first-order chi connectivity index (χ1) is 8.88. The van der Waals surface area contributed by atoms with Crippen molar-refractivity contribution in [1.82, 2.24) is 0 Å². The van der Waals surface area contributed by atoms with Crippen LogP contribution < -0.4 is 5.19 Å². The monoisotopic (exact) mass is 290 g/mol. The van der Waals surface area contributed by atoms with Crippen molar-refractivity contribution in [1.29, 1.82) is 0 Å². The number of hydrogen-bond acceptors (Lipinski definition) is 3. The van der Waals surface area contributed by atoms with Gasteiger partial charge in [0.25, 0.3) is 6.48 Å². The van der Waals surface area contributed by atoms with E-state index in [2.05, 4.69) is 0 Å². The Bertz CT molecular complexity index is 389. The number of rotatable bonds is 7. The normalized spacial score (nSPS) is 12.5. The van der Waals surface area contributed by atoms with Crippen LogP contribution in [0.1, 0.15) is 27.7 Å². The molecule has 3 nitrogen and oxygen atoms in total. The van der Waals surface area contributed by atoms with Crippen LogP contribution >= 0.6 is 0 Å². The maximum Gasteiger partial charge on any atom is 0.262 e. The average molecular weight is 290 g/mol. The molecule has 0 amide bonds. The molecular formula is C13H20F2O3Si. The van der Waals surface area contributed by atoms with E-state index in [1.54, 1.807) is 0 Å². The molecule has 19 heavy (non-hydrogen) atoms. The average Bonchev–Trinajstić information content (AvgIpc) is 2.29. The lowest BCUT2D eigenvalue weighted by atomic mass is 10.3. The molecule has 0 aliphatic rings. The van der Waals surface area contributed by atoms with Crippen molar-refractivity contribution in [3.63, 3.8) is 0 Å². The van der Waals surface area contributed by atoms with Gasteiger partial charge in [0.15, 0.2) is 21.4 Å². The van der Waals surface area contributed by atoms with Gasteiger partial charge in [0, 0.05) is 0 Å². The van der Waals surface area contributed by atoms with Gasteiger partial charge in [-0.3, -0.25) is 0 Å². The summed E-state index contributed by atoms with van der Waals surface area (Å²) < 4.78 is 42.3. The highest BCUT2D eigenvalue weighted by Gasteiger charge is 2.14. The number of halogens is 2. The first-order valence-electron chi connectivity index (χ1n) is 6.25. The molecule has 0 radical (unpaired) electrons. The van der Waals surface area contributed by atoms with E-state index in [0.717, 1.165) is 12.1 Å². The largest absolute Gasteiger partial charge is 0.373 e. The molecule has 0 saturated carbocycles. The summed E-state index contributed by atoms with van der Waals surface area (Å²) >= 11 is 0. The minimum atomic E-state index is -1.24. The van der Waals surface area contributed by atoms with Crippen LogP contribution in [-0.2, 0) is 13.9 Å². The minimum absolute atomic E-state index is 0.0392. The first-order valence-corrected chi connectivity index (χ1v) is 7.53. The van der Waals surface area contributed by atoms with Crippen molar-refractivity contribution in [3.8, 4) is 0 Å². The molecule has 0 atom stereocenters. The second kappa shape index (κ2) is 7.69. The Balaban J connectivity index is 2.56. The molecule has 0 bridgehead atoms. The highest BCUT2D eigenvalue weighted by molar-refractivity contribution is 6.46. The lowest BCUT2D eigenvalue weighted by Crippen LogP contribution is -2.32. The van der Waals surface area contributed by atoms with E-state index < -0.39 is 27.9 Å². The summed E-state index contributed by atoms with van der Waals surface area (Å²) in [5.74, 6) is -1.72. The smallest absolute Gasteiger partial charge is 0.262 e. The van der Waals surface area contributed by atoms with Gasteiger partial charge in [0.1, 0.15) is 0 Å². The summed E-state index contributed by atoms with van der Waals surface area (Å²) in [5, 5.41) is 0.656. The van der Waals surface area contributed by atoms with E-state index in [0.29, 0.717) is 5.19 Å². The summed E-state index contributed by atoms with van der Waals surface area (Å²) in [7, 11) is -1.24. The minimum Gasteiger partial charge on any atom is -0.373 e. The summed E-state index contributed by atoms with van der Waals surface area (Å²) in [4.78, 5) is 0. The molecule has 1 aromatic rings. The van der Waals surface area contributed by atoms with Crippen molar-refractivity contribution >= 4 is 14.9 Å². The van der Waals surface area contributed by atoms with E-state index in [1.165, 1.54) is 6.07 Å². The maximum absolute atomic E-state index is 13.1. The van der Waals surface area contributed by atoms with Crippen molar-refractivity contribution in [3.05, 3.63) is 29.8 Å². The van der Waals surface area contributed by atoms with E-state index in [1.807, 2.05) is 27.7 Å². The molecule has 0 fully saturated rings. The van der Waals surface area contributed by atoms with Gasteiger partial charge in [-0.1, -0.05) is 6.07 Å². The summed E-state index contributed by atoms with van der Waals surface area (Å²) in [6.45, 7) is 6.73. The Morgan fingerprint density at radius 1 is 0.947 bits per heavy atom. The van der Waals surface area contributed by atoms with Crippen LogP contribution in [-0.4, -0.2) is 28.4 Å². The molecule has 0 aliphatic heterocycles. The molecule has 0 aromatic heterocycles. The highest BCUT2D eigenvalue weighted by Crippen LogP contribution is 2.06. The number of hydrogen-bond donors (Lipinski definition) is 0. The molecule has 0 aliphatic carbocycles.